The minimum absolute atomic E-state index is 0.0454. The quantitative estimate of drug-likeness (QED) is 0.709. The van der Waals surface area contributed by atoms with E-state index in [-0.39, 0.29) is 46.6 Å². The second kappa shape index (κ2) is 7.85. The minimum Gasteiger partial charge on any atom is -0.503 e. The number of aromatic hydroxyl groups is 1. The Bertz CT molecular complexity index is 1250. The molecule has 0 aliphatic carbocycles. The maximum Gasteiger partial charge on any atom is 0.276 e. The van der Waals surface area contributed by atoms with Crippen molar-refractivity contribution in [1.82, 2.24) is 19.7 Å². The van der Waals surface area contributed by atoms with Crippen LogP contribution >= 0.6 is 11.6 Å². The van der Waals surface area contributed by atoms with Crippen LogP contribution in [-0.4, -0.2) is 56.6 Å². The highest BCUT2D eigenvalue weighted by atomic mass is 35.5. The maximum atomic E-state index is 14.2. The fraction of sp³-hybridized carbons (Fsp3) is 0.435. The molecule has 3 atom stereocenters. The first kappa shape index (κ1) is 21.9. The molecule has 174 valence electrons. The molecule has 8 nitrogen and oxygen atoms in total. The van der Waals surface area contributed by atoms with E-state index in [2.05, 4.69) is 10.2 Å². The van der Waals surface area contributed by atoms with Gasteiger partial charge in [0.2, 0.25) is 5.43 Å². The largest absolute Gasteiger partial charge is 0.503 e. The summed E-state index contributed by atoms with van der Waals surface area (Å²) in [4.78, 5) is 43.4. The van der Waals surface area contributed by atoms with Gasteiger partial charge in [0.05, 0.1) is 11.1 Å². The molecule has 4 heterocycles. The number of benzene rings is 1. The monoisotopic (exact) mass is 474 g/mol. The Morgan fingerprint density at radius 3 is 2.82 bits per heavy atom. The summed E-state index contributed by atoms with van der Waals surface area (Å²) in [7, 11) is 0. The van der Waals surface area contributed by atoms with Crippen molar-refractivity contribution < 1.29 is 19.1 Å². The number of nitrogens with zero attached hydrogens (tertiary/aromatic N) is 3. The van der Waals surface area contributed by atoms with Gasteiger partial charge in [0.25, 0.3) is 11.8 Å². The number of fused-ring (bicyclic) bond motifs is 2. The Morgan fingerprint density at radius 1 is 1.33 bits per heavy atom. The van der Waals surface area contributed by atoms with Crippen molar-refractivity contribution >= 4 is 23.4 Å². The van der Waals surface area contributed by atoms with Crippen molar-refractivity contribution in [3.05, 3.63) is 61.8 Å². The molecule has 3 aliphatic rings. The third-order valence-corrected chi connectivity index (χ3v) is 7.31. The molecule has 0 bridgehead atoms. The minimum atomic E-state index is -0.882. The predicted molar refractivity (Wildman–Crippen MR) is 119 cm³/mol. The molecule has 1 saturated heterocycles. The molecule has 1 fully saturated rings. The van der Waals surface area contributed by atoms with E-state index in [0.717, 1.165) is 6.54 Å². The topological polar surface area (TPSA) is 94.9 Å². The molecule has 2 N–H and O–H groups in total. The fourth-order valence-electron chi connectivity index (χ4n) is 5.58. The Kier molecular flexibility index (Phi) is 5.21. The van der Waals surface area contributed by atoms with Crippen LogP contribution in [0.1, 0.15) is 58.4 Å². The van der Waals surface area contributed by atoms with Crippen molar-refractivity contribution in [3.63, 3.8) is 0 Å². The van der Waals surface area contributed by atoms with E-state index in [0.29, 0.717) is 25.1 Å². The summed E-state index contributed by atoms with van der Waals surface area (Å²) in [6.45, 7) is 5.27. The van der Waals surface area contributed by atoms with E-state index < -0.39 is 28.8 Å². The standard InChI is InChI=1S/C23H24ClFN4O4/c1-3-27-10-11(2)28-22(27)15-8-7-14-16(19(30)20(31)18(23(28)33)29(14)15)21(32)26-9-12-5-4-6-13(24)17(12)25/h4-6,11,15,22,31H,3,7-10H2,1-2H3,(H,26,32)/t11-,15?,22?/m0/s1. The van der Waals surface area contributed by atoms with E-state index in [4.69, 9.17) is 11.6 Å². The first-order valence-electron chi connectivity index (χ1n) is 11.0. The van der Waals surface area contributed by atoms with E-state index in [1.165, 1.54) is 12.1 Å². The predicted octanol–water partition coefficient (Wildman–Crippen LogP) is 2.27. The van der Waals surface area contributed by atoms with Crippen molar-refractivity contribution in [3.8, 4) is 5.75 Å². The molecule has 0 spiro atoms. The smallest absolute Gasteiger partial charge is 0.276 e. The molecule has 1 aromatic heterocycles. The van der Waals surface area contributed by atoms with Crippen LogP contribution in [0, 0.1) is 5.82 Å². The van der Waals surface area contributed by atoms with Crippen LogP contribution in [0.4, 0.5) is 4.39 Å². The van der Waals surface area contributed by atoms with Crippen molar-refractivity contribution in [1.29, 1.82) is 0 Å². The molecule has 2 amide bonds. The van der Waals surface area contributed by atoms with Gasteiger partial charge in [-0.3, -0.25) is 19.3 Å². The number of carbonyl (C=O) groups excluding carboxylic acids is 2. The summed E-state index contributed by atoms with van der Waals surface area (Å²) >= 11 is 5.80. The van der Waals surface area contributed by atoms with Crippen molar-refractivity contribution in [2.75, 3.05) is 13.1 Å². The van der Waals surface area contributed by atoms with Crippen LogP contribution in [-0.2, 0) is 13.0 Å². The molecule has 3 aliphatic heterocycles. The van der Waals surface area contributed by atoms with E-state index in [1.807, 2.05) is 13.8 Å². The number of nitrogens with one attached hydrogen (secondary N) is 1. The summed E-state index contributed by atoms with van der Waals surface area (Å²) in [5, 5.41) is 13.3. The highest BCUT2D eigenvalue weighted by Crippen LogP contribution is 2.44. The van der Waals surface area contributed by atoms with Crippen LogP contribution in [0.25, 0.3) is 0 Å². The van der Waals surface area contributed by atoms with E-state index in [1.54, 1.807) is 15.5 Å². The molecule has 5 rings (SSSR count). The zero-order chi connectivity index (χ0) is 23.6. The number of aromatic nitrogens is 1. The first-order chi connectivity index (χ1) is 15.8. The zero-order valence-electron chi connectivity index (χ0n) is 18.3. The lowest BCUT2D eigenvalue weighted by molar-refractivity contribution is 0.0346. The van der Waals surface area contributed by atoms with Crippen LogP contribution < -0.4 is 10.7 Å². The van der Waals surface area contributed by atoms with Gasteiger partial charge in [-0.05, 0) is 32.4 Å². The van der Waals surface area contributed by atoms with Crippen LogP contribution in [0.15, 0.2) is 23.0 Å². The van der Waals surface area contributed by atoms with Gasteiger partial charge >= 0.3 is 0 Å². The Labute approximate surface area is 194 Å². The Balaban J connectivity index is 1.56. The second-order valence-electron chi connectivity index (χ2n) is 8.78. The number of amides is 2. The Morgan fingerprint density at radius 2 is 2.09 bits per heavy atom. The lowest BCUT2D eigenvalue weighted by atomic mass is 10.1. The average molecular weight is 475 g/mol. The molecule has 10 heteroatoms. The molecular weight excluding hydrogens is 451 g/mol. The van der Waals surface area contributed by atoms with E-state index in [9.17, 15) is 23.9 Å². The Hall–Kier alpha value is -2.91. The van der Waals surface area contributed by atoms with Gasteiger partial charge in [-0.15, -0.1) is 0 Å². The second-order valence-corrected chi connectivity index (χ2v) is 9.19. The first-order valence-corrected chi connectivity index (χ1v) is 11.4. The van der Waals surface area contributed by atoms with Crippen LogP contribution in [0.5, 0.6) is 5.75 Å². The van der Waals surface area contributed by atoms with Gasteiger partial charge in [-0.1, -0.05) is 30.7 Å². The van der Waals surface area contributed by atoms with E-state index >= 15 is 0 Å². The third-order valence-electron chi connectivity index (χ3n) is 7.01. The molecule has 0 radical (unpaired) electrons. The maximum absolute atomic E-state index is 14.2. The number of hydrogen-bond donors (Lipinski definition) is 2. The van der Waals surface area contributed by atoms with Gasteiger partial charge in [0.15, 0.2) is 11.4 Å². The number of hydrogen-bond acceptors (Lipinski definition) is 5. The van der Waals surface area contributed by atoms with Gasteiger partial charge in [-0.2, -0.15) is 0 Å². The fourth-order valence-corrected chi connectivity index (χ4v) is 5.78. The number of pyridine rings is 1. The third kappa shape index (κ3) is 3.09. The lowest BCUT2D eigenvalue weighted by Crippen LogP contribution is -2.54. The summed E-state index contributed by atoms with van der Waals surface area (Å²) in [6, 6.07) is 4.24. The molecule has 2 unspecified atom stereocenters. The molecular formula is C23H24ClFN4O4. The summed E-state index contributed by atoms with van der Waals surface area (Å²) in [5.41, 5.74) is -0.512. The number of halogens is 2. The number of likely N-dealkylation sites (N-methyl/N-ethyl adjacent to an activating group) is 1. The highest BCUT2D eigenvalue weighted by Gasteiger charge is 2.52. The molecule has 2 aromatic rings. The highest BCUT2D eigenvalue weighted by molar-refractivity contribution is 6.30. The normalized spacial score (nSPS) is 23.6. The van der Waals surface area contributed by atoms with Crippen molar-refractivity contribution in [2.45, 2.75) is 51.5 Å². The number of rotatable bonds is 4. The molecule has 0 saturated carbocycles. The van der Waals surface area contributed by atoms with Crippen LogP contribution in [0.2, 0.25) is 5.02 Å². The van der Waals surface area contributed by atoms with Gasteiger partial charge in [0, 0.05) is 30.4 Å². The van der Waals surface area contributed by atoms with Gasteiger partial charge in [0.1, 0.15) is 17.5 Å². The molecule has 33 heavy (non-hydrogen) atoms. The summed E-state index contributed by atoms with van der Waals surface area (Å²) < 4.78 is 15.9. The van der Waals surface area contributed by atoms with Gasteiger partial charge < -0.3 is 19.9 Å². The lowest BCUT2D eigenvalue weighted by Gasteiger charge is -2.41. The van der Waals surface area contributed by atoms with Gasteiger partial charge in [-0.25, -0.2) is 4.39 Å². The summed E-state index contributed by atoms with van der Waals surface area (Å²) in [5.74, 6) is -2.47. The van der Waals surface area contributed by atoms with Crippen molar-refractivity contribution in [2.24, 2.45) is 0 Å². The summed E-state index contributed by atoms with van der Waals surface area (Å²) in [6.07, 6.45) is 0.867. The van der Waals surface area contributed by atoms with Crippen LogP contribution in [0.3, 0.4) is 0 Å². The SMILES string of the molecule is CCN1C[C@H](C)N2C(=O)c3c(O)c(=O)c(C(=O)NCc4cccc(Cl)c4F)c4n3C(CC4)C12. The number of carbonyl (C=O) groups is 2. The zero-order valence-corrected chi connectivity index (χ0v) is 19.0. The molecule has 1 aromatic carbocycles. The average Bonchev–Trinajstić information content (AvgIpc) is 3.36.